The van der Waals surface area contributed by atoms with Crippen LogP contribution in [0.4, 0.5) is 5.13 Å². The quantitative estimate of drug-likeness (QED) is 0.288. The van der Waals surface area contributed by atoms with Gasteiger partial charge < -0.3 is 13.9 Å². The number of nitrogens with zero attached hydrogens (tertiary/aromatic N) is 2. The highest BCUT2D eigenvalue weighted by molar-refractivity contribution is 7.17. The predicted molar refractivity (Wildman–Crippen MR) is 131 cm³/mol. The van der Waals surface area contributed by atoms with Crippen LogP contribution in [0.2, 0.25) is 0 Å². The SMILES string of the molecule is C=CCOc1cccc([C@@H]2c3c(oc4ccccc4c3=O)C(=O)N2c2nc(C)c(C(=O)OC)s2)c1. The summed E-state index contributed by atoms with van der Waals surface area (Å²) in [7, 11) is 1.28. The van der Waals surface area contributed by atoms with Crippen LogP contribution in [0.15, 0.2) is 70.4 Å². The third-order valence-corrected chi connectivity index (χ3v) is 6.82. The molecule has 0 fully saturated rings. The lowest BCUT2D eigenvalue weighted by Crippen LogP contribution is -2.29. The molecule has 9 heteroatoms. The van der Waals surface area contributed by atoms with Crippen LogP contribution < -0.4 is 15.1 Å². The fraction of sp³-hybridized carbons (Fsp3) is 0.154. The molecule has 0 saturated heterocycles. The van der Waals surface area contributed by atoms with Crippen molar-refractivity contribution in [1.29, 1.82) is 0 Å². The molecule has 2 aromatic heterocycles. The average Bonchev–Trinajstić information content (AvgIpc) is 3.40. The van der Waals surface area contributed by atoms with Gasteiger partial charge in [-0.05, 0) is 36.8 Å². The van der Waals surface area contributed by atoms with Gasteiger partial charge in [-0.1, -0.05) is 48.3 Å². The Hall–Kier alpha value is -4.24. The minimum absolute atomic E-state index is 0.0522. The summed E-state index contributed by atoms with van der Waals surface area (Å²) in [5, 5.41) is 0.626. The minimum atomic E-state index is -0.832. The number of para-hydroxylation sites is 1. The largest absolute Gasteiger partial charge is 0.490 e. The van der Waals surface area contributed by atoms with E-state index in [9.17, 15) is 14.4 Å². The van der Waals surface area contributed by atoms with E-state index in [0.29, 0.717) is 34.6 Å². The zero-order valence-corrected chi connectivity index (χ0v) is 19.8. The van der Waals surface area contributed by atoms with E-state index in [2.05, 4.69) is 11.6 Å². The second kappa shape index (κ2) is 8.84. The van der Waals surface area contributed by atoms with Gasteiger partial charge >= 0.3 is 5.97 Å². The first-order chi connectivity index (χ1) is 16.9. The number of benzene rings is 2. The van der Waals surface area contributed by atoms with Crippen LogP contribution in [0, 0.1) is 6.92 Å². The van der Waals surface area contributed by atoms with Crippen LogP contribution in [0.1, 0.15) is 43.1 Å². The molecule has 35 heavy (non-hydrogen) atoms. The van der Waals surface area contributed by atoms with Crippen LogP contribution in [0.3, 0.4) is 0 Å². The number of amides is 1. The average molecular weight is 489 g/mol. The molecule has 0 spiro atoms. The summed E-state index contributed by atoms with van der Waals surface area (Å²) in [6, 6.07) is 13.1. The molecule has 1 aliphatic heterocycles. The number of anilines is 1. The topological polar surface area (TPSA) is 98.9 Å². The van der Waals surface area contributed by atoms with E-state index < -0.39 is 17.9 Å². The Labute approximate surface area is 204 Å². The van der Waals surface area contributed by atoms with Crippen molar-refractivity contribution in [3.8, 4) is 5.75 Å². The molecule has 8 nitrogen and oxygen atoms in total. The minimum Gasteiger partial charge on any atom is -0.490 e. The molecule has 1 atom stereocenters. The van der Waals surface area contributed by atoms with Crippen molar-refractivity contribution < 1.29 is 23.5 Å². The van der Waals surface area contributed by atoms with Gasteiger partial charge in [-0.25, -0.2) is 9.78 Å². The number of carbonyl (C=O) groups excluding carboxylic acids is 2. The van der Waals surface area contributed by atoms with Crippen molar-refractivity contribution in [3.05, 3.63) is 98.9 Å². The molecule has 0 radical (unpaired) electrons. The Bertz CT molecular complexity index is 1550. The highest BCUT2D eigenvalue weighted by Crippen LogP contribution is 2.43. The van der Waals surface area contributed by atoms with E-state index >= 15 is 0 Å². The summed E-state index contributed by atoms with van der Waals surface area (Å²) in [5.74, 6) is -0.565. The van der Waals surface area contributed by atoms with Gasteiger partial charge in [0.25, 0.3) is 5.91 Å². The number of esters is 1. The number of carbonyl (C=O) groups is 2. The van der Waals surface area contributed by atoms with E-state index in [4.69, 9.17) is 13.9 Å². The molecule has 3 heterocycles. The first-order valence-electron chi connectivity index (χ1n) is 10.7. The smallest absolute Gasteiger partial charge is 0.350 e. The van der Waals surface area contributed by atoms with Crippen molar-refractivity contribution in [1.82, 2.24) is 4.98 Å². The van der Waals surface area contributed by atoms with Gasteiger partial charge in [0.1, 0.15) is 22.8 Å². The summed E-state index contributed by atoms with van der Waals surface area (Å²) in [6.45, 7) is 5.63. The van der Waals surface area contributed by atoms with Crippen LogP contribution in [0.25, 0.3) is 11.0 Å². The zero-order valence-electron chi connectivity index (χ0n) is 18.9. The zero-order chi connectivity index (χ0) is 24.7. The maximum atomic E-state index is 13.7. The molecule has 0 saturated carbocycles. The first kappa shape index (κ1) is 22.5. The highest BCUT2D eigenvalue weighted by Gasteiger charge is 2.45. The summed E-state index contributed by atoms with van der Waals surface area (Å²) < 4.78 is 16.5. The molecular weight excluding hydrogens is 468 g/mol. The van der Waals surface area contributed by atoms with Crippen molar-refractivity contribution in [2.75, 3.05) is 18.6 Å². The summed E-state index contributed by atoms with van der Waals surface area (Å²) in [4.78, 5) is 45.7. The van der Waals surface area contributed by atoms with Crippen molar-refractivity contribution in [2.24, 2.45) is 0 Å². The summed E-state index contributed by atoms with van der Waals surface area (Å²) in [5.41, 5.74) is 1.28. The molecule has 0 N–H and O–H groups in total. The Morgan fingerprint density at radius 2 is 2.03 bits per heavy atom. The molecule has 5 rings (SSSR count). The monoisotopic (exact) mass is 488 g/mol. The number of fused-ring (bicyclic) bond motifs is 2. The standard InChI is InChI=1S/C26H20N2O6S/c1-4-12-33-16-9-7-8-15(13-16)20-19-21(29)17-10-5-6-11-18(17)34-22(19)24(30)28(20)26-27-14(2)23(35-26)25(31)32-3/h4-11,13,20H,1,12H2,2-3H3/t20-/m1/s1. The number of methoxy groups -OCH3 is 1. The third-order valence-electron chi connectivity index (χ3n) is 5.68. The molecular formula is C26H20N2O6S. The Morgan fingerprint density at radius 3 is 2.80 bits per heavy atom. The maximum absolute atomic E-state index is 13.7. The van der Waals surface area contributed by atoms with Gasteiger partial charge in [0.05, 0.1) is 29.8 Å². The molecule has 2 aromatic carbocycles. The van der Waals surface area contributed by atoms with Crippen LogP contribution in [-0.4, -0.2) is 30.6 Å². The molecule has 0 bridgehead atoms. The van der Waals surface area contributed by atoms with Crippen molar-refractivity contribution >= 4 is 39.3 Å². The number of hydrogen-bond donors (Lipinski definition) is 0. The normalized spacial score (nSPS) is 14.7. The van der Waals surface area contributed by atoms with E-state index in [1.54, 1.807) is 61.5 Å². The molecule has 1 aliphatic rings. The van der Waals surface area contributed by atoms with Gasteiger partial charge in [0, 0.05) is 0 Å². The number of ether oxygens (including phenoxy) is 2. The van der Waals surface area contributed by atoms with Gasteiger partial charge in [-0.2, -0.15) is 0 Å². The number of aromatic nitrogens is 1. The maximum Gasteiger partial charge on any atom is 0.350 e. The van der Waals surface area contributed by atoms with Gasteiger partial charge in [-0.3, -0.25) is 14.5 Å². The number of aryl methyl sites for hydroxylation is 1. The lowest BCUT2D eigenvalue weighted by atomic mass is 9.98. The Kier molecular flexibility index (Phi) is 5.70. The highest BCUT2D eigenvalue weighted by atomic mass is 32.1. The lowest BCUT2D eigenvalue weighted by Gasteiger charge is -2.23. The molecule has 176 valence electrons. The second-order valence-electron chi connectivity index (χ2n) is 7.82. The van der Waals surface area contributed by atoms with E-state index in [0.717, 1.165) is 11.3 Å². The van der Waals surface area contributed by atoms with E-state index in [1.165, 1.54) is 12.0 Å². The fourth-order valence-electron chi connectivity index (χ4n) is 4.13. The van der Waals surface area contributed by atoms with E-state index in [1.807, 2.05) is 0 Å². The Balaban J connectivity index is 1.75. The Morgan fingerprint density at radius 1 is 1.23 bits per heavy atom. The van der Waals surface area contributed by atoms with Gasteiger partial charge in [0.2, 0.25) is 5.76 Å². The molecule has 1 amide bonds. The predicted octanol–water partition coefficient (Wildman–Crippen LogP) is 4.66. The summed E-state index contributed by atoms with van der Waals surface area (Å²) >= 11 is 1.02. The van der Waals surface area contributed by atoms with Crippen LogP contribution >= 0.6 is 11.3 Å². The first-order valence-corrected chi connectivity index (χ1v) is 11.5. The third kappa shape index (κ3) is 3.70. The fourth-order valence-corrected chi connectivity index (χ4v) is 5.14. The second-order valence-corrected chi connectivity index (χ2v) is 8.80. The van der Waals surface area contributed by atoms with Crippen LogP contribution in [-0.2, 0) is 4.74 Å². The van der Waals surface area contributed by atoms with Crippen LogP contribution in [0.5, 0.6) is 5.75 Å². The number of hydrogen-bond acceptors (Lipinski definition) is 8. The van der Waals surface area contributed by atoms with Crippen molar-refractivity contribution in [2.45, 2.75) is 13.0 Å². The van der Waals surface area contributed by atoms with Gasteiger partial charge in [0.15, 0.2) is 10.6 Å². The molecule has 4 aromatic rings. The number of rotatable bonds is 6. The lowest BCUT2D eigenvalue weighted by molar-refractivity contribution is 0.0605. The molecule has 0 aliphatic carbocycles. The number of thiazole rings is 1. The van der Waals surface area contributed by atoms with Gasteiger partial charge in [-0.15, -0.1) is 0 Å². The van der Waals surface area contributed by atoms with E-state index in [-0.39, 0.29) is 26.8 Å². The molecule has 0 unspecified atom stereocenters. The van der Waals surface area contributed by atoms with Crippen molar-refractivity contribution in [3.63, 3.8) is 0 Å². The summed E-state index contributed by atoms with van der Waals surface area (Å²) in [6.07, 6.45) is 1.63.